The van der Waals surface area contributed by atoms with Gasteiger partial charge in [0.15, 0.2) is 0 Å². The van der Waals surface area contributed by atoms with Crippen molar-refractivity contribution in [2.24, 2.45) is 0 Å². The summed E-state index contributed by atoms with van der Waals surface area (Å²) in [6, 6.07) is 27.0. The van der Waals surface area contributed by atoms with Crippen molar-refractivity contribution < 1.29 is 33.3 Å². The molecule has 4 aromatic carbocycles. The van der Waals surface area contributed by atoms with Gasteiger partial charge in [-0.25, -0.2) is 14.4 Å². The van der Waals surface area contributed by atoms with E-state index in [2.05, 4.69) is 0 Å². The summed E-state index contributed by atoms with van der Waals surface area (Å²) in [5.41, 5.74) is 1.50. The maximum Gasteiger partial charge on any atom is 0.519 e. The Morgan fingerprint density at radius 2 is 0.895 bits per heavy atom. The minimum atomic E-state index is -1.12. The number of para-hydroxylation sites is 2. The van der Waals surface area contributed by atoms with E-state index in [4.69, 9.17) is 18.9 Å². The highest BCUT2D eigenvalue weighted by molar-refractivity contribution is 5.97. The SMILES string of the molecule is CCc1cccc(OC(=O)Oc2cccc(CC)c2C(=O)Oc2ccccc2)c1C(=O)Oc1ccccc1. The zero-order valence-electron chi connectivity index (χ0n) is 21.0. The standard InChI is InChI=1S/C31H26O7/c1-3-21-13-11-19-25(27(21)29(32)35-23-15-7-5-8-16-23)37-31(34)38-26-20-12-14-22(4-2)28(26)30(33)36-24-17-9-6-10-18-24/h5-20H,3-4H2,1-2H3. The van der Waals surface area contributed by atoms with Crippen LogP contribution in [0.3, 0.4) is 0 Å². The summed E-state index contributed by atoms with van der Waals surface area (Å²) >= 11 is 0. The quantitative estimate of drug-likeness (QED) is 0.146. The monoisotopic (exact) mass is 510 g/mol. The van der Waals surface area contributed by atoms with Gasteiger partial charge in [-0.3, -0.25) is 0 Å². The molecule has 4 aromatic rings. The summed E-state index contributed by atoms with van der Waals surface area (Å²) < 4.78 is 21.9. The second-order valence-corrected chi connectivity index (χ2v) is 8.15. The predicted molar refractivity (Wildman–Crippen MR) is 141 cm³/mol. The van der Waals surface area contributed by atoms with Crippen LogP contribution in [-0.4, -0.2) is 18.1 Å². The molecular formula is C31H26O7. The molecule has 0 bridgehead atoms. The van der Waals surface area contributed by atoms with Crippen molar-refractivity contribution in [3.8, 4) is 23.0 Å². The third-order valence-electron chi connectivity index (χ3n) is 5.69. The second kappa shape index (κ2) is 12.4. The number of benzene rings is 4. The van der Waals surface area contributed by atoms with Gasteiger partial charge < -0.3 is 18.9 Å². The van der Waals surface area contributed by atoms with E-state index < -0.39 is 18.1 Å². The van der Waals surface area contributed by atoms with Crippen molar-refractivity contribution in [1.82, 2.24) is 0 Å². The lowest BCUT2D eigenvalue weighted by Gasteiger charge is -2.15. The molecule has 0 aromatic heterocycles. The molecule has 7 nitrogen and oxygen atoms in total. The number of carbonyl (C=O) groups is 3. The largest absolute Gasteiger partial charge is 0.519 e. The van der Waals surface area contributed by atoms with Gasteiger partial charge in [0.25, 0.3) is 0 Å². The van der Waals surface area contributed by atoms with Crippen LogP contribution < -0.4 is 18.9 Å². The smallest absolute Gasteiger partial charge is 0.423 e. The van der Waals surface area contributed by atoms with E-state index in [1.807, 2.05) is 13.8 Å². The molecule has 0 saturated carbocycles. The van der Waals surface area contributed by atoms with Gasteiger partial charge in [-0.15, -0.1) is 0 Å². The van der Waals surface area contributed by atoms with Gasteiger partial charge in [0, 0.05) is 0 Å². The summed E-state index contributed by atoms with van der Waals surface area (Å²) in [6.07, 6.45) is -0.118. The van der Waals surface area contributed by atoms with Gasteiger partial charge in [0.05, 0.1) is 0 Å². The highest BCUT2D eigenvalue weighted by Gasteiger charge is 2.25. The maximum atomic E-state index is 13.0. The summed E-state index contributed by atoms with van der Waals surface area (Å²) in [5.74, 6) is -0.663. The summed E-state index contributed by atoms with van der Waals surface area (Å²) in [5, 5.41) is 0. The Labute approximate surface area is 220 Å². The molecule has 38 heavy (non-hydrogen) atoms. The number of ether oxygens (including phenoxy) is 4. The van der Waals surface area contributed by atoms with Gasteiger partial charge >= 0.3 is 18.1 Å². The van der Waals surface area contributed by atoms with Crippen LogP contribution in [0.5, 0.6) is 23.0 Å². The van der Waals surface area contributed by atoms with E-state index in [-0.39, 0.29) is 22.6 Å². The van der Waals surface area contributed by atoms with Crippen molar-refractivity contribution in [3.05, 3.63) is 119 Å². The van der Waals surface area contributed by atoms with Crippen molar-refractivity contribution in [1.29, 1.82) is 0 Å². The highest BCUT2D eigenvalue weighted by Crippen LogP contribution is 2.28. The molecule has 4 rings (SSSR count). The van der Waals surface area contributed by atoms with Crippen LogP contribution in [0.25, 0.3) is 0 Å². The average Bonchev–Trinajstić information content (AvgIpc) is 2.93. The van der Waals surface area contributed by atoms with Crippen LogP contribution in [0.2, 0.25) is 0 Å². The van der Waals surface area contributed by atoms with Crippen molar-refractivity contribution in [2.75, 3.05) is 0 Å². The lowest BCUT2D eigenvalue weighted by molar-refractivity contribution is 0.0722. The lowest BCUT2D eigenvalue weighted by atomic mass is 10.0. The number of hydrogen-bond acceptors (Lipinski definition) is 7. The first-order valence-corrected chi connectivity index (χ1v) is 12.2. The molecule has 0 aliphatic carbocycles. The van der Waals surface area contributed by atoms with Crippen LogP contribution in [-0.2, 0) is 12.8 Å². The molecule has 0 amide bonds. The van der Waals surface area contributed by atoms with Gasteiger partial charge in [-0.2, -0.15) is 0 Å². The Kier molecular flexibility index (Phi) is 8.51. The van der Waals surface area contributed by atoms with Gasteiger partial charge in [0.1, 0.15) is 34.1 Å². The fourth-order valence-corrected chi connectivity index (χ4v) is 3.87. The summed E-state index contributed by atoms with van der Waals surface area (Å²) in [4.78, 5) is 39.0. The molecule has 0 spiro atoms. The topological polar surface area (TPSA) is 88.1 Å². The number of rotatable bonds is 8. The molecule has 0 heterocycles. The Morgan fingerprint density at radius 1 is 0.500 bits per heavy atom. The molecule has 0 atom stereocenters. The highest BCUT2D eigenvalue weighted by atomic mass is 16.7. The van der Waals surface area contributed by atoms with Crippen molar-refractivity contribution >= 4 is 18.1 Å². The second-order valence-electron chi connectivity index (χ2n) is 8.15. The Hall–Kier alpha value is -4.91. The Balaban J connectivity index is 1.58. The van der Waals surface area contributed by atoms with E-state index in [1.54, 1.807) is 84.9 Å². The number of esters is 2. The Bertz CT molecular complexity index is 1320. The molecule has 0 N–H and O–H groups in total. The zero-order valence-corrected chi connectivity index (χ0v) is 21.0. The molecule has 0 unspecified atom stereocenters. The third kappa shape index (κ3) is 6.25. The molecule has 192 valence electrons. The first kappa shape index (κ1) is 26.2. The van der Waals surface area contributed by atoms with Crippen LogP contribution in [0.15, 0.2) is 97.1 Å². The fraction of sp³-hybridized carbons (Fsp3) is 0.129. The van der Waals surface area contributed by atoms with Gasteiger partial charge in [-0.1, -0.05) is 74.5 Å². The van der Waals surface area contributed by atoms with Gasteiger partial charge in [-0.05, 0) is 60.4 Å². The molecular weight excluding hydrogens is 484 g/mol. The third-order valence-corrected chi connectivity index (χ3v) is 5.69. The normalized spacial score (nSPS) is 10.4. The van der Waals surface area contributed by atoms with Gasteiger partial charge in [0.2, 0.25) is 0 Å². The van der Waals surface area contributed by atoms with Crippen LogP contribution in [0.4, 0.5) is 4.79 Å². The van der Waals surface area contributed by atoms with E-state index in [0.29, 0.717) is 35.5 Å². The van der Waals surface area contributed by atoms with Crippen molar-refractivity contribution in [3.63, 3.8) is 0 Å². The first-order chi connectivity index (χ1) is 18.5. The predicted octanol–water partition coefficient (Wildman–Crippen LogP) is 6.83. The number of carbonyl (C=O) groups excluding carboxylic acids is 3. The summed E-state index contributed by atoms with van der Waals surface area (Å²) in [6.45, 7) is 3.75. The fourth-order valence-electron chi connectivity index (χ4n) is 3.87. The molecule has 0 saturated heterocycles. The zero-order chi connectivity index (χ0) is 26.9. The number of aryl methyl sites for hydroxylation is 2. The average molecular weight is 511 g/mol. The minimum absolute atomic E-state index is 0.0182. The molecule has 7 heteroatoms. The molecule has 0 fully saturated rings. The van der Waals surface area contributed by atoms with E-state index in [1.165, 1.54) is 12.1 Å². The molecule has 0 radical (unpaired) electrons. The lowest BCUT2D eigenvalue weighted by Crippen LogP contribution is -2.21. The molecule has 0 aliphatic heterocycles. The summed E-state index contributed by atoms with van der Waals surface area (Å²) in [7, 11) is 0. The molecule has 0 aliphatic rings. The van der Waals surface area contributed by atoms with Crippen LogP contribution in [0, 0.1) is 0 Å². The first-order valence-electron chi connectivity index (χ1n) is 12.2. The van der Waals surface area contributed by atoms with E-state index >= 15 is 0 Å². The maximum absolute atomic E-state index is 13.0. The van der Waals surface area contributed by atoms with Crippen molar-refractivity contribution in [2.45, 2.75) is 26.7 Å². The number of hydrogen-bond donors (Lipinski definition) is 0. The van der Waals surface area contributed by atoms with Crippen LogP contribution in [0.1, 0.15) is 45.7 Å². The van der Waals surface area contributed by atoms with E-state index in [0.717, 1.165) is 0 Å². The van der Waals surface area contributed by atoms with Crippen LogP contribution >= 0.6 is 0 Å². The minimum Gasteiger partial charge on any atom is -0.423 e. The Morgan fingerprint density at radius 3 is 1.26 bits per heavy atom. The van der Waals surface area contributed by atoms with E-state index in [9.17, 15) is 14.4 Å².